The molecule has 4 nitrogen and oxygen atoms in total. The Bertz CT molecular complexity index is 609. The predicted molar refractivity (Wildman–Crippen MR) is 97.0 cm³/mol. The Balaban J connectivity index is 1.71. The first-order valence-electron chi connectivity index (χ1n) is 8.16. The molecule has 2 heterocycles. The van der Waals surface area contributed by atoms with Crippen LogP contribution in [0.4, 0.5) is 5.82 Å². The van der Waals surface area contributed by atoms with E-state index in [-0.39, 0.29) is 6.10 Å². The van der Waals surface area contributed by atoms with Gasteiger partial charge in [-0.1, -0.05) is 24.3 Å². The van der Waals surface area contributed by atoms with Gasteiger partial charge in [0.1, 0.15) is 0 Å². The largest absolute Gasteiger partial charge is 0.374 e. The summed E-state index contributed by atoms with van der Waals surface area (Å²) in [5, 5.41) is 8.81. The minimum atomic E-state index is 0.125. The number of nitrogens with zero attached hydrogens (tertiary/aromatic N) is 3. The van der Waals surface area contributed by atoms with Crippen molar-refractivity contribution >= 4 is 17.6 Å². The number of benzene rings is 1. The Morgan fingerprint density at radius 2 is 1.83 bits per heavy atom. The molecule has 0 unspecified atom stereocenters. The molecule has 0 radical (unpaired) electrons. The molecule has 0 bridgehead atoms. The van der Waals surface area contributed by atoms with E-state index in [1.54, 1.807) is 0 Å². The van der Waals surface area contributed by atoms with Crippen molar-refractivity contribution < 1.29 is 4.74 Å². The molecule has 3 rings (SSSR count). The maximum atomic E-state index is 5.62. The number of hydrogen-bond acceptors (Lipinski definition) is 5. The first kappa shape index (κ1) is 16.3. The van der Waals surface area contributed by atoms with Gasteiger partial charge in [-0.15, -0.1) is 10.2 Å². The molecule has 0 spiro atoms. The van der Waals surface area contributed by atoms with Gasteiger partial charge in [-0.25, -0.2) is 0 Å². The van der Waals surface area contributed by atoms with E-state index >= 15 is 0 Å². The van der Waals surface area contributed by atoms with E-state index in [1.807, 2.05) is 18.7 Å². The summed E-state index contributed by atoms with van der Waals surface area (Å²) in [6.45, 7) is 6.93. The maximum absolute atomic E-state index is 5.62. The van der Waals surface area contributed by atoms with Crippen molar-refractivity contribution in [2.24, 2.45) is 0 Å². The third-order valence-corrected chi connectivity index (χ3v) is 5.02. The van der Waals surface area contributed by atoms with Gasteiger partial charge in [-0.3, -0.25) is 0 Å². The van der Waals surface area contributed by atoms with Gasteiger partial charge < -0.3 is 9.64 Å². The Kier molecular flexibility index (Phi) is 5.51. The number of thioether (sulfide) groups is 1. The fourth-order valence-corrected chi connectivity index (χ4v) is 3.61. The van der Waals surface area contributed by atoms with Crippen molar-refractivity contribution in [3.8, 4) is 11.3 Å². The van der Waals surface area contributed by atoms with Gasteiger partial charge >= 0.3 is 0 Å². The normalized spacial score (nSPS) is 16.3. The van der Waals surface area contributed by atoms with E-state index in [1.165, 1.54) is 17.1 Å². The predicted octanol–water partition coefficient (Wildman–Crippen LogP) is 3.79. The van der Waals surface area contributed by atoms with Crippen molar-refractivity contribution in [3.05, 3.63) is 42.0 Å². The van der Waals surface area contributed by atoms with Gasteiger partial charge in [0, 0.05) is 36.8 Å². The van der Waals surface area contributed by atoms with Crippen LogP contribution in [0.3, 0.4) is 0 Å². The molecule has 1 aliphatic heterocycles. The van der Waals surface area contributed by atoms with E-state index < -0.39 is 0 Å². The fraction of sp³-hybridized carbons (Fsp3) is 0.444. The number of aromatic nitrogens is 2. The molecule has 122 valence electrons. The molecule has 1 fully saturated rings. The van der Waals surface area contributed by atoms with Crippen LogP contribution >= 0.6 is 11.8 Å². The lowest BCUT2D eigenvalue weighted by Gasteiger charge is -2.26. The van der Waals surface area contributed by atoms with E-state index in [4.69, 9.17) is 4.74 Å². The number of anilines is 1. The van der Waals surface area contributed by atoms with Crippen LogP contribution in [0.15, 0.2) is 36.4 Å². The maximum Gasteiger partial charge on any atom is 0.151 e. The standard InChI is InChI=1S/C18H23N3OS/c1-3-22-14(2)15-4-6-16(7-5-15)17-8-9-18(20-19-17)21-10-12-23-13-11-21/h4-9,14H,3,10-13H2,1-2H3/t14-/m1/s1. The van der Waals surface area contributed by atoms with Crippen molar-refractivity contribution in [2.75, 3.05) is 36.1 Å². The summed E-state index contributed by atoms with van der Waals surface area (Å²) >= 11 is 2.00. The van der Waals surface area contributed by atoms with Gasteiger partial charge in [-0.2, -0.15) is 11.8 Å². The Labute approximate surface area is 142 Å². The van der Waals surface area contributed by atoms with Crippen LogP contribution in [0.2, 0.25) is 0 Å². The summed E-state index contributed by atoms with van der Waals surface area (Å²) < 4.78 is 5.62. The number of hydrogen-bond donors (Lipinski definition) is 0. The summed E-state index contributed by atoms with van der Waals surface area (Å²) in [6, 6.07) is 12.5. The van der Waals surface area contributed by atoms with E-state index in [9.17, 15) is 0 Å². The minimum absolute atomic E-state index is 0.125. The smallest absolute Gasteiger partial charge is 0.151 e. The monoisotopic (exact) mass is 329 g/mol. The van der Waals surface area contributed by atoms with Gasteiger partial charge in [0.2, 0.25) is 0 Å². The first-order chi connectivity index (χ1) is 11.3. The second kappa shape index (κ2) is 7.79. The first-order valence-corrected chi connectivity index (χ1v) is 9.31. The zero-order chi connectivity index (χ0) is 16.1. The van der Waals surface area contributed by atoms with E-state index in [2.05, 4.69) is 58.4 Å². The summed E-state index contributed by atoms with van der Waals surface area (Å²) in [4.78, 5) is 2.31. The highest BCUT2D eigenvalue weighted by Gasteiger charge is 2.13. The molecule has 1 aliphatic rings. The molecular weight excluding hydrogens is 306 g/mol. The lowest BCUT2D eigenvalue weighted by atomic mass is 10.1. The molecule has 0 aliphatic carbocycles. The van der Waals surface area contributed by atoms with Crippen LogP contribution in [0.25, 0.3) is 11.3 Å². The quantitative estimate of drug-likeness (QED) is 0.834. The summed E-state index contributed by atoms with van der Waals surface area (Å²) in [5.74, 6) is 3.32. The molecule has 0 N–H and O–H groups in total. The van der Waals surface area contributed by atoms with Gasteiger partial charge in [0.25, 0.3) is 0 Å². The highest BCUT2D eigenvalue weighted by Crippen LogP contribution is 2.23. The minimum Gasteiger partial charge on any atom is -0.374 e. The second-order valence-electron chi connectivity index (χ2n) is 5.60. The van der Waals surface area contributed by atoms with Crippen LogP contribution in [0, 0.1) is 0 Å². The number of rotatable bonds is 5. The summed E-state index contributed by atoms with van der Waals surface area (Å²) in [6.07, 6.45) is 0.125. The van der Waals surface area contributed by atoms with Crippen LogP contribution in [0.5, 0.6) is 0 Å². The van der Waals surface area contributed by atoms with Crippen molar-refractivity contribution in [1.82, 2.24) is 10.2 Å². The highest BCUT2D eigenvalue weighted by atomic mass is 32.2. The van der Waals surface area contributed by atoms with Gasteiger partial charge in [0.15, 0.2) is 5.82 Å². The van der Waals surface area contributed by atoms with Crippen LogP contribution in [-0.4, -0.2) is 41.4 Å². The van der Waals surface area contributed by atoms with Crippen molar-refractivity contribution in [2.45, 2.75) is 20.0 Å². The molecule has 1 saturated heterocycles. The zero-order valence-corrected chi connectivity index (χ0v) is 14.6. The van der Waals surface area contributed by atoms with Gasteiger partial charge in [0.05, 0.1) is 11.8 Å². The average molecular weight is 329 g/mol. The molecule has 1 aromatic heterocycles. The molecule has 2 aromatic rings. The van der Waals surface area contributed by atoms with Crippen molar-refractivity contribution in [3.63, 3.8) is 0 Å². The lowest BCUT2D eigenvalue weighted by Crippen LogP contribution is -2.33. The van der Waals surface area contributed by atoms with Crippen LogP contribution in [-0.2, 0) is 4.74 Å². The molecule has 1 aromatic carbocycles. The van der Waals surface area contributed by atoms with Crippen molar-refractivity contribution in [1.29, 1.82) is 0 Å². The van der Waals surface area contributed by atoms with Crippen LogP contribution in [0.1, 0.15) is 25.5 Å². The fourth-order valence-electron chi connectivity index (χ4n) is 2.71. The molecule has 1 atom stereocenters. The van der Waals surface area contributed by atoms with E-state index in [0.29, 0.717) is 0 Å². The second-order valence-corrected chi connectivity index (χ2v) is 6.82. The molecular formula is C18H23N3OS. The Morgan fingerprint density at radius 3 is 2.43 bits per heavy atom. The SMILES string of the molecule is CCO[C@H](C)c1ccc(-c2ccc(N3CCSCC3)nn2)cc1. The molecule has 23 heavy (non-hydrogen) atoms. The van der Waals surface area contributed by atoms with Gasteiger partial charge in [-0.05, 0) is 31.5 Å². The zero-order valence-electron chi connectivity index (χ0n) is 13.7. The molecule has 0 amide bonds. The van der Waals surface area contributed by atoms with Crippen LogP contribution < -0.4 is 4.90 Å². The molecule has 5 heteroatoms. The third-order valence-electron chi connectivity index (χ3n) is 4.08. The molecule has 0 saturated carbocycles. The topological polar surface area (TPSA) is 38.2 Å². The highest BCUT2D eigenvalue weighted by molar-refractivity contribution is 7.99. The summed E-state index contributed by atoms with van der Waals surface area (Å²) in [7, 11) is 0. The Morgan fingerprint density at radius 1 is 1.09 bits per heavy atom. The third kappa shape index (κ3) is 4.03. The van der Waals surface area contributed by atoms with E-state index in [0.717, 1.165) is 36.8 Å². The summed E-state index contributed by atoms with van der Waals surface area (Å²) in [5.41, 5.74) is 3.19. The lowest BCUT2D eigenvalue weighted by molar-refractivity contribution is 0.0764. The number of ether oxygens (including phenoxy) is 1. The average Bonchev–Trinajstić information content (AvgIpc) is 2.63. The Hall–Kier alpha value is -1.59.